The molecule has 2 aromatic rings. The molecule has 26 heavy (non-hydrogen) atoms. The van der Waals surface area contributed by atoms with Crippen LogP contribution in [0.15, 0.2) is 54.6 Å². The smallest absolute Gasteiger partial charge is 0.306 e. The minimum absolute atomic E-state index is 0.0981. The molecule has 0 aliphatic carbocycles. The number of aliphatic hydroxyl groups excluding tert-OH is 1. The summed E-state index contributed by atoms with van der Waals surface area (Å²) in [6.45, 7) is 0.428. The van der Waals surface area contributed by atoms with Crippen LogP contribution < -0.4 is 10.1 Å². The molecule has 1 fully saturated rings. The van der Waals surface area contributed by atoms with Gasteiger partial charge in [-0.25, -0.2) is 0 Å². The van der Waals surface area contributed by atoms with Gasteiger partial charge in [-0.1, -0.05) is 42.5 Å². The number of ether oxygens (including phenoxy) is 2. The largest absolute Gasteiger partial charge is 0.497 e. The summed E-state index contributed by atoms with van der Waals surface area (Å²) >= 11 is 0. The Morgan fingerprint density at radius 3 is 2.54 bits per heavy atom. The first kappa shape index (κ1) is 18.4. The molecule has 2 N–H and O–H groups in total. The maximum atomic E-state index is 12.2. The van der Waals surface area contributed by atoms with Gasteiger partial charge in [0.1, 0.15) is 18.0 Å². The van der Waals surface area contributed by atoms with Crippen molar-refractivity contribution >= 4 is 5.97 Å². The fourth-order valence-electron chi connectivity index (χ4n) is 3.24. The number of aryl methyl sites for hydroxylation is 1. The number of hydrogen-bond acceptors (Lipinski definition) is 5. The topological polar surface area (TPSA) is 67.8 Å². The maximum Gasteiger partial charge on any atom is 0.306 e. The van der Waals surface area contributed by atoms with Crippen molar-refractivity contribution < 1.29 is 19.4 Å². The van der Waals surface area contributed by atoms with Crippen molar-refractivity contribution in [2.24, 2.45) is 0 Å². The Kier molecular flexibility index (Phi) is 6.26. The zero-order valence-corrected chi connectivity index (χ0v) is 14.9. The minimum atomic E-state index is -0.682. The SMILES string of the molecule is COc1ccc(C[C@H]2NC[C@H](O)[C@H]2OC(=O)CCc2ccccc2)cc1. The minimum Gasteiger partial charge on any atom is -0.497 e. The molecule has 0 radical (unpaired) electrons. The molecule has 0 amide bonds. The molecular formula is C21H25NO4. The number of β-amino-alcohol motifs (C(OH)–C–C–N with tert-alkyl or cyclic N) is 1. The van der Waals surface area contributed by atoms with Crippen LogP contribution >= 0.6 is 0 Å². The van der Waals surface area contributed by atoms with Crippen molar-refractivity contribution in [1.82, 2.24) is 5.32 Å². The molecule has 0 aromatic heterocycles. The lowest BCUT2D eigenvalue weighted by molar-refractivity contribution is -0.153. The molecule has 5 nitrogen and oxygen atoms in total. The second-order valence-corrected chi connectivity index (χ2v) is 6.57. The van der Waals surface area contributed by atoms with Crippen LogP contribution in [0.2, 0.25) is 0 Å². The quantitative estimate of drug-likeness (QED) is 0.745. The third-order valence-corrected chi connectivity index (χ3v) is 4.71. The Morgan fingerprint density at radius 1 is 1.12 bits per heavy atom. The van der Waals surface area contributed by atoms with E-state index in [0.29, 0.717) is 25.8 Å². The standard InChI is InChI=1S/C21H25NO4/c1-25-17-10-7-16(8-11-17)13-18-21(19(23)14-22-18)26-20(24)12-9-15-5-3-2-4-6-15/h2-8,10-11,18-19,21-23H,9,12-14H2,1H3/t18-,19+,21+/m1/s1. The van der Waals surface area contributed by atoms with Crippen molar-refractivity contribution in [2.75, 3.05) is 13.7 Å². The van der Waals surface area contributed by atoms with E-state index < -0.39 is 12.2 Å². The summed E-state index contributed by atoms with van der Waals surface area (Å²) in [5, 5.41) is 13.4. The Labute approximate surface area is 153 Å². The van der Waals surface area contributed by atoms with Crippen LogP contribution in [-0.2, 0) is 22.4 Å². The zero-order chi connectivity index (χ0) is 18.4. The molecule has 0 unspecified atom stereocenters. The van der Waals surface area contributed by atoms with E-state index in [9.17, 15) is 9.90 Å². The van der Waals surface area contributed by atoms with Crippen molar-refractivity contribution in [3.8, 4) is 5.75 Å². The van der Waals surface area contributed by atoms with E-state index in [-0.39, 0.29) is 12.0 Å². The monoisotopic (exact) mass is 355 g/mol. The first-order valence-corrected chi connectivity index (χ1v) is 8.93. The number of esters is 1. The Balaban J connectivity index is 1.54. The van der Waals surface area contributed by atoms with Crippen LogP contribution in [-0.4, -0.2) is 43.0 Å². The zero-order valence-electron chi connectivity index (χ0n) is 14.9. The van der Waals surface area contributed by atoms with E-state index in [1.165, 1.54) is 0 Å². The van der Waals surface area contributed by atoms with Crippen molar-refractivity contribution in [2.45, 2.75) is 37.5 Å². The highest BCUT2D eigenvalue weighted by atomic mass is 16.6. The van der Waals surface area contributed by atoms with Gasteiger partial charge in [0.05, 0.1) is 13.2 Å². The van der Waals surface area contributed by atoms with Gasteiger partial charge in [0, 0.05) is 13.0 Å². The van der Waals surface area contributed by atoms with Gasteiger partial charge in [0.25, 0.3) is 0 Å². The summed E-state index contributed by atoms with van der Waals surface area (Å²) < 4.78 is 10.8. The number of carbonyl (C=O) groups excluding carboxylic acids is 1. The van der Waals surface area contributed by atoms with Gasteiger partial charge in [-0.15, -0.1) is 0 Å². The second kappa shape index (κ2) is 8.83. The van der Waals surface area contributed by atoms with Crippen LogP contribution in [0.5, 0.6) is 5.75 Å². The number of rotatable bonds is 7. The number of nitrogens with one attached hydrogen (secondary N) is 1. The molecule has 0 saturated carbocycles. The average molecular weight is 355 g/mol. The molecule has 0 bridgehead atoms. The molecule has 1 heterocycles. The number of hydrogen-bond donors (Lipinski definition) is 2. The summed E-state index contributed by atoms with van der Waals surface area (Å²) in [5.41, 5.74) is 2.20. The fraction of sp³-hybridized carbons (Fsp3) is 0.381. The third kappa shape index (κ3) is 4.84. The molecule has 138 valence electrons. The van der Waals surface area contributed by atoms with E-state index >= 15 is 0 Å². The first-order valence-electron chi connectivity index (χ1n) is 8.93. The van der Waals surface area contributed by atoms with Gasteiger partial charge in [0.2, 0.25) is 0 Å². The van der Waals surface area contributed by atoms with Crippen molar-refractivity contribution in [1.29, 1.82) is 0 Å². The molecular weight excluding hydrogens is 330 g/mol. The highest BCUT2D eigenvalue weighted by Gasteiger charge is 2.37. The summed E-state index contributed by atoms with van der Waals surface area (Å²) in [4.78, 5) is 12.2. The van der Waals surface area contributed by atoms with Crippen molar-refractivity contribution in [3.05, 3.63) is 65.7 Å². The van der Waals surface area contributed by atoms with Crippen LogP contribution in [0.4, 0.5) is 0 Å². The highest BCUT2D eigenvalue weighted by molar-refractivity contribution is 5.70. The lowest BCUT2D eigenvalue weighted by Gasteiger charge is -2.22. The van der Waals surface area contributed by atoms with E-state index in [0.717, 1.165) is 16.9 Å². The van der Waals surface area contributed by atoms with E-state index in [4.69, 9.17) is 9.47 Å². The summed E-state index contributed by atoms with van der Waals surface area (Å²) in [6.07, 6.45) is 0.415. The Bertz CT molecular complexity index is 702. The molecule has 1 saturated heterocycles. The van der Waals surface area contributed by atoms with Gasteiger partial charge in [0.15, 0.2) is 0 Å². The predicted octanol–water partition coefficient (Wildman–Crippen LogP) is 2.11. The van der Waals surface area contributed by atoms with Crippen molar-refractivity contribution in [3.63, 3.8) is 0 Å². The van der Waals surface area contributed by atoms with Gasteiger partial charge in [-0.2, -0.15) is 0 Å². The Morgan fingerprint density at radius 2 is 1.85 bits per heavy atom. The maximum absolute atomic E-state index is 12.2. The number of methoxy groups -OCH3 is 1. The highest BCUT2D eigenvalue weighted by Crippen LogP contribution is 2.20. The molecule has 5 heteroatoms. The fourth-order valence-corrected chi connectivity index (χ4v) is 3.24. The van der Waals surface area contributed by atoms with Gasteiger partial charge < -0.3 is 19.9 Å². The van der Waals surface area contributed by atoms with Crippen LogP contribution in [0, 0.1) is 0 Å². The number of aliphatic hydroxyl groups is 1. The van der Waals surface area contributed by atoms with Gasteiger partial charge >= 0.3 is 5.97 Å². The number of carbonyl (C=O) groups is 1. The van der Waals surface area contributed by atoms with Crippen LogP contribution in [0.25, 0.3) is 0 Å². The lowest BCUT2D eigenvalue weighted by Crippen LogP contribution is -2.39. The molecule has 0 spiro atoms. The second-order valence-electron chi connectivity index (χ2n) is 6.57. The summed E-state index contributed by atoms with van der Waals surface area (Å²) in [5.74, 6) is 0.526. The first-order chi connectivity index (χ1) is 12.7. The molecule has 1 aliphatic heterocycles. The van der Waals surface area contributed by atoms with Crippen LogP contribution in [0.1, 0.15) is 17.5 Å². The molecule has 3 rings (SSSR count). The number of benzene rings is 2. The van der Waals surface area contributed by atoms with Crippen LogP contribution in [0.3, 0.4) is 0 Å². The summed E-state index contributed by atoms with van der Waals surface area (Å²) in [7, 11) is 1.63. The van der Waals surface area contributed by atoms with E-state index in [1.54, 1.807) is 7.11 Å². The molecule has 1 aliphatic rings. The third-order valence-electron chi connectivity index (χ3n) is 4.71. The average Bonchev–Trinajstić information content (AvgIpc) is 3.01. The molecule has 2 aromatic carbocycles. The molecule has 3 atom stereocenters. The predicted molar refractivity (Wildman–Crippen MR) is 99.1 cm³/mol. The van der Waals surface area contributed by atoms with E-state index in [2.05, 4.69) is 5.32 Å². The van der Waals surface area contributed by atoms with Gasteiger partial charge in [-0.05, 0) is 36.1 Å². The van der Waals surface area contributed by atoms with E-state index in [1.807, 2.05) is 54.6 Å². The normalized spacial score (nSPS) is 22.2. The Hall–Kier alpha value is -2.37. The lowest BCUT2D eigenvalue weighted by atomic mass is 10.0. The van der Waals surface area contributed by atoms with Gasteiger partial charge in [-0.3, -0.25) is 4.79 Å². The summed E-state index contributed by atoms with van der Waals surface area (Å²) in [6, 6.07) is 17.5.